The van der Waals surface area contributed by atoms with Gasteiger partial charge in [0.1, 0.15) is 5.56 Å². The second-order valence-corrected chi connectivity index (χ2v) is 2.79. The van der Waals surface area contributed by atoms with Crippen LogP contribution in [0.1, 0.15) is 18.9 Å². The van der Waals surface area contributed by atoms with Gasteiger partial charge in [-0.3, -0.25) is 14.3 Å². The first-order valence-corrected chi connectivity index (χ1v) is 4.18. The van der Waals surface area contributed by atoms with Crippen molar-refractivity contribution in [1.82, 2.24) is 9.55 Å². The minimum Gasteiger partial charge on any atom is -0.494 e. The van der Waals surface area contributed by atoms with Crippen molar-refractivity contribution in [2.45, 2.75) is 19.9 Å². The zero-order valence-corrected chi connectivity index (χ0v) is 7.70. The van der Waals surface area contributed by atoms with Crippen molar-refractivity contribution in [1.29, 1.82) is 5.41 Å². The van der Waals surface area contributed by atoms with Crippen LogP contribution in [0.25, 0.3) is 0 Å². The monoisotopic (exact) mass is 197 g/mol. The van der Waals surface area contributed by atoms with Crippen LogP contribution in [-0.2, 0) is 6.54 Å². The Hall–Kier alpha value is -1.85. The quantitative estimate of drug-likeness (QED) is 0.577. The standard InChI is InChI=1S/C8H11N3O3/c1-2-3-11-7(13)5(4-9)6(12)10-8(11)14/h4,9,13H,2-3H2,1H3,(H,10,12,14). The number of H-pyrrole nitrogens is 1. The van der Waals surface area contributed by atoms with Gasteiger partial charge in [-0.25, -0.2) is 4.79 Å². The molecule has 0 atom stereocenters. The molecule has 3 N–H and O–H groups in total. The molecule has 0 aliphatic carbocycles. The summed E-state index contributed by atoms with van der Waals surface area (Å²) in [4.78, 5) is 24.3. The number of aromatic hydroxyl groups is 1. The van der Waals surface area contributed by atoms with Crippen LogP contribution >= 0.6 is 0 Å². The lowest BCUT2D eigenvalue weighted by Gasteiger charge is -2.06. The molecule has 0 aromatic carbocycles. The van der Waals surface area contributed by atoms with E-state index in [2.05, 4.69) is 0 Å². The summed E-state index contributed by atoms with van der Waals surface area (Å²) in [5, 5.41) is 16.4. The molecule has 0 aliphatic rings. The van der Waals surface area contributed by atoms with Crippen molar-refractivity contribution in [3.63, 3.8) is 0 Å². The SMILES string of the molecule is CCCn1c(O)c(C=N)c(=O)[nH]c1=O. The highest BCUT2D eigenvalue weighted by molar-refractivity contribution is 5.79. The van der Waals surface area contributed by atoms with Gasteiger partial charge >= 0.3 is 5.69 Å². The number of nitrogens with one attached hydrogen (secondary N) is 2. The highest BCUT2D eigenvalue weighted by atomic mass is 16.3. The zero-order chi connectivity index (χ0) is 10.7. The molecule has 14 heavy (non-hydrogen) atoms. The molecule has 0 aliphatic heterocycles. The van der Waals surface area contributed by atoms with Crippen LogP contribution in [0, 0.1) is 5.41 Å². The summed E-state index contributed by atoms with van der Waals surface area (Å²) in [5.74, 6) is -0.449. The fraction of sp³-hybridized carbons (Fsp3) is 0.375. The Balaban J connectivity index is 3.52. The lowest BCUT2D eigenvalue weighted by molar-refractivity contribution is 0.398. The summed E-state index contributed by atoms with van der Waals surface area (Å²) in [6.45, 7) is 2.14. The fourth-order valence-electron chi connectivity index (χ4n) is 1.14. The minimum atomic E-state index is -0.741. The molecular formula is C8H11N3O3. The smallest absolute Gasteiger partial charge is 0.331 e. The van der Waals surface area contributed by atoms with Gasteiger partial charge in [0.15, 0.2) is 0 Å². The van der Waals surface area contributed by atoms with Crippen molar-refractivity contribution < 1.29 is 5.11 Å². The van der Waals surface area contributed by atoms with E-state index in [4.69, 9.17) is 5.41 Å². The van der Waals surface area contributed by atoms with Gasteiger partial charge in [-0.15, -0.1) is 0 Å². The maximum atomic E-state index is 11.2. The summed E-state index contributed by atoms with van der Waals surface area (Å²) in [6.07, 6.45) is 1.37. The molecule has 0 saturated heterocycles. The maximum absolute atomic E-state index is 11.2. The highest BCUT2D eigenvalue weighted by Crippen LogP contribution is 2.07. The number of rotatable bonds is 3. The molecule has 76 valence electrons. The number of nitrogens with zero attached hydrogens (tertiary/aromatic N) is 1. The Bertz CT molecular complexity index is 458. The molecule has 0 radical (unpaired) electrons. The van der Waals surface area contributed by atoms with Crippen molar-refractivity contribution in [3.05, 3.63) is 26.4 Å². The lowest BCUT2D eigenvalue weighted by Crippen LogP contribution is -2.32. The van der Waals surface area contributed by atoms with E-state index in [1.807, 2.05) is 11.9 Å². The Kier molecular flexibility index (Phi) is 2.85. The van der Waals surface area contributed by atoms with E-state index in [-0.39, 0.29) is 5.56 Å². The Labute approximate surface area is 79.3 Å². The van der Waals surface area contributed by atoms with Crippen LogP contribution in [-0.4, -0.2) is 20.9 Å². The van der Waals surface area contributed by atoms with E-state index in [0.717, 1.165) is 10.8 Å². The van der Waals surface area contributed by atoms with Crippen molar-refractivity contribution in [3.8, 4) is 5.88 Å². The van der Waals surface area contributed by atoms with Crippen molar-refractivity contribution in [2.24, 2.45) is 0 Å². The summed E-state index contributed by atoms with van der Waals surface area (Å²) in [5.41, 5.74) is -1.59. The summed E-state index contributed by atoms with van der Waals surface area (Å²) < 4.78 is 1.03. The highest BCUT2D eigenvalue weighted by Gasteiger charge is 2.10. The van der Waals surface area contributed by atoms with E-state index in [0.29, 0.717) is 13.0 Å². The van der Waals surface area contributed by atoms with E-state index in [1.165, 1.54) is 0 Å². The molecule has 0 saturated carbocycles. The Morgan fingerprint density at radius 2 is 2.21 bits per heavy atom. The van der Waals surface area contributed by atoms with Crippen LogP contribution in [0.5, 0.6) is 5.88 Å². The number of aromatic amines is 1. The molecule has 6 nitrogen and oxygen atoms in total. The first kappa shape index (κ1) is 10.2. The van der Waals surface area contributed by atoms with Crippen molar-refractivity contribution >= 4 is 6.21 Å². The molecule has 0 amide bonds. The first-order valence-electron chi connectivity index (χ1n) is 4.18. The number of hydrogen-bond donors (Lipinski definition) is 3. The third-order valence-electron chi connectivity index (χ3n) is 1.80. The van der Waals surface area contributed by atoms with Crippen molar-refractivity contribution in [2.75, 3.05) is 0 Å². The summed E-state index contributed by atoms with van der Waals surface area (Å²) in [7, 11) is 0. The normalized spacial score (nSPS) is 10.1. The second-order valence-electron chi connectivity index (χ2n) is 2.79. The average Bonchev–Trinajstić information content (AvgIpc) is 2.12. The number of hydrogen-bond acceptors (Lipinski definition) is 4. The topological polar surface area (TPSA) is 98.9 Å². The average molecular weight is 197 g/mol. The maximum Gasteiger partial charge on any atom is 0.331 e. The molecule has 0 bridgehead atoms. The largest absolute Gasteiger partial charge is 0.494 e. The molecule has 0 spiro atoms. The van der Waals surface area contributed by atoms with Gasteiger partial charge in [-0.05, 0) is 6.42 Å². The van der Waals surface area contributed by atoms with Gasteiger partial charge < -0.3 is 10.5 Å². The third-order valence-corrected chi connectivity index (χ3v) is 1.80. The molecule has 1 rings (SSSR count). The molecular weight excluding hydrogens is 186 g/mol. The molecule has 1 heterocycles. The predicted octanol–water partition coefficient (Wildman–Crippen LogP) is -0.350. The fourth-order valence-corrected chi connectivity index (χ4v) is 1.14. The first-order chi connectivity index (χ1) is 6.61. The van der Waals surface area contributed by atoms with Gasteiger partial charge in [-0.2, -0.15) is 0 Å². The van der Waals surface area contributed by atoms with Crippen LogP contribution in [0.15, 0.2) is 9.59 Å². The van der Waals surface area contributed by atoms with Gasteiger partial charge in [-0.1, -0.05) is 6.92 Å². The van der Waals surface area contributed by atoms with Crippen LogP contribution < -0.4 is 11.2 Å². The zero-order valence-electron chi connectivity index (χ0n) is 7.70. The van der Waals surface area contributed by atoms with Crippen LogP contribution in [0.2, 0.25) is 0 Å². The van der Waals surface area contributed by atoms with Crippen LogP contribution in [0.3, 0.4) is 0 Å². The summed E-state index contributed by atoms with van der Waals surface area (Å²) in [6, 6.07) is 0. The Morgan fingerprint density at radius 3 is 2.71 bits per heavy atom. The Morgan fingerprint density at radius 1 is 1.57 bits per heavy atom. The van der Waals surface area contributed by atoms with Gasteiger partial charge in [0, 0.05) is 12.8 Å². The van der Waals surface area contributed by atoms with E-state index in [9.17, 15) is 14.7 Å². The molecule has 0 unspecified atom stereocenters. The molecule has 1 aromatic rings. The summed E-state index contributed by atoms with van der Waals surface area (Å²) >= 11 is 0. The van der Waals surface area contributed by atoms with Crippen LogP contribution in [0.4, 0.5) is 0 Å². The minimum absolute atomic E-state index is 0.196. The molecule has 0 fully saturated rings. The second kappa shape index (κ2) is 3.91. The van der Waals surface area contributed by atoms with Gasteiger partial charge in [0.05, 0.1) is 0 Å². The third kappa shape index (κ3) is 1.59. The molecule has 1 aromatic heterocycles. The molecule has 6 heteroatoms. The van der Waals surface area contributed by atoms with Gasteiger partial charge in [0.2, 0.25) is 5.88 Å². The van der Waals surface area contributed by atoms with Gasteiger partial charge in [0.25, 0.3) is 5.56 Å². The van der Waals surface area contributed by atoms with E-state index < -0.39 is 17.1 Å². The number of aromatic nitrogens is 2. The van der Waals surface area contributed by atoms with E-state index >= 15 is 0 Å². The lowest BCUT2D eigenvalue weighted by atomic mass is 10.3. The predicted molar refractivity (Wildman–Crippen MR) is 51.2 cm³/mol. The van der Waals surface area contributed by atoms with E-state index in [1.54, 1.807) is 0 Å².